The third kappa shape index (κ3) is 0.894. The minimum atomic E-state index is -4.55. The fraction of sp³-hybridized carbons (Fsp3) is 1.00. The molecule has 2 saturated heterocycles. The fourth-order valence-corrected chi connectivity index (χ4v) is 1.98. The number of hydrogen-bond donors (Lipinski definition) is 1. The van der Waals surface area contributed by atoms with Crippen LogP contribution in [0.25, 0.3) is 0 Å². The van der Waals surface area contributed by atoms with Gasteiger partial charge in [-0.05, 0) is 12.8 Å². The highest BCUT2D eigenvalue weighted by Gasteiger charge is 2.65. The van der Waals surface area contributed by atoms with Crippen LogP contribution in [0.4, 0.5) is 13.2 Å². The molecule has 0 spiro atoms. The van der Waals surface area contributed by atoms with Gasteiger partial charge in [0.25, 0.3) is 0 Å². The summed E-state index contributed by atoms with van der Waals surface area (Å²) in [5, 5.41) is 9.27. The number of fused-ring (bicyclic) bond motifs is 2. The molecule has 0 aromatic carbocycles. The van der Waals surface area contributed by atoms with Crippen molar-refractivity contribution in [3.05, 3.63) is 0 Å². The van der Waals surface area contributed by atoms with E-state index in [1.807, 2.05) is 0 Å². The molecule has 2 rings (SSSR count). The first-order valence-electron chi connectivity index (χ1n) is 3.88. The van der Waals surface area contributed by atoms with Crippen LogP contribution in [0.3, 0.4) is 0 Å². The van der Waals surface area contributed by atoms with Crippen LogP contribution in [0.1, 0.15) is 19.3 Å². The van der Waals surface area contributed by atoms with E-state index in [0.717, 1.165) is 0 Å². The summed E-state index contributed by atoms with van der Waals surface area (Å²) in [6, 6.07) is 0. The number of alkyl halides is 3. The largest absolute Gasteiger partial charge is 0.419 e. The maximum atomic E-state index is 12.3. The average molecular weight is 182 g/mol. The Morgan fingerprint density at radius 2 is 2.00 bits per heavy atom. The van der Waals surface area contributed by atoms with Gasteiger partial charge in [-0.1, -0.05) is 0 Å². The van der Waals surface area contributed by atoms with E-state index in [1.165, 1.54) is 0 Å². The van der Waals surface area contributed by atoms with Gasteiger partial charge in [0.2, 0.25) is 0 Å². The van der Waals surface area contributed by atoms with Crippen molar-refractivity contribution in [1.82, 2.24) is 0 Å². The van der Waals surface area contributed by atoms with Gasteiger partial charge in [-0.25, -0.2) is 0 Å². The van der Waals surface area contributed by atoms with Crippen molar-refractivity contribution >= 4 is 0 Å². The second kappa shape index (κ2) is 2.14. The summed E-state index contributed by atoms with van der Waals surface area (Å²) in [6.07, 6.45) is -5.29. The van der Waals surface area contributed by atoms with Crippen LogP contribution in [-0.4, -0.2) is 29.1 Å². The molecule has 0 aliphatic carbocycles. The molecule has 0 radical (unpaired) electrons. The van der Waals surface area contributed by atoms with Crippen molar-refractivity contribution in [3.8, 4) is 0 Å². The first-order chi connectivity index (χ1) is 5.43. The van der Waals surface area contributed by atoms with Crippen molar-refractivity contribution in [2.75, 3.05) is 0 Å². The molecule has 2 aliphatic rings. The van der Waals surface area contributed by atoms with Crippen molar-refractivity contribution in [2.45, 2.75) is 43.2 Å². The summed E-state index contributed by atoms with van der Waals surface area (Å²) >= 11 is 0. The van der Waals surface area contributed by atoms with Gasteiger partial charge in [0, 0.05) is 6.42 Å². The van der Waals surface area contributed by atoms with Crippen LogP contribution >= 0.6 is 0 Å². The molecule has 2 nitrogen and oxygen atoms in total. The first-order valence-corrected chi connectivity index (χ1v) is 3.88. The highest BCUT2D eigenvalue weighted by atomic mass is 19.4. The van der Waals surface area contributed by atoms with E-state index >= 15 is 0 Å². The Morgan fingerprint density at radius 3 is 2.25 bits per heavy atom. The molecule has 5 heteroatoms. The minimum absolute atomic E-state index is 0.291. The predicted molar refractivity (Wildman–Crippen MR) is 33.5 cm³/mol. The van der Waals surface area contributed by atoms with Gasteiger partial charge >= 0.3 is 6.18 Å². The Bertz CT molecular complexity index is 203. The second-order valence-corrected chi connectivity index (χ2v) is 3.45. The number of hydrogen-bond acceptors (Lipinski definition) is 2. The summed E-state index contributed by atoms with van der Waals surface area (Å²) < 4.78 is 41.8. The highest BCUT2D eigenvalue weighted by Crippen LogP contribution is 2.49. The molecule has 0 saturated carbocycles. The Kier molecular flexibility index (Phi) is 1.48. The molecule has 70 valence electrons. The van der Waals surface area contributed by atoms with Crippen LogP contribution in [0, 0.1) is 0 Å². The SMILES string of the molecule is OC1(C(F)(F)F)CC2CCC1O2. The third-order valence-corrected chi connectivity index (χ3v) is 2.67. The van der Waals surface area contributed by atoms with Crippen LogP contribution < -0.4 is 0 Å². The van der Waals surface area contributed by atoms with Gasteiger partial charge in [0.05, 0.1) is 12.2 Å². The topological polar surface area (TPSA) is 29.5 Å². The molecule has 0 amide bonds. The number of ether oxygens (including phenoxy) is 1. The molecule has 2 fully saturated rings. The van der Waals surface area contributed by atoms with Crippen LogP contribution in [0.2, 0.25) is 0 Å². The quantitative estimate of drug-likeness (QED) is 0.610. The van der Waals surface area contributed by atoms with Crippen LogP contribution in [0.5, 0.6) is 0 Å². The molecule has 3 atom stereocenters. The standard InChI is InChI=1S/C7H9F3O2/c8-7(9,10)6(11)3-4-1-2-5(6)12-4/h4-5,11H,1-3H2. The lowest BCUT2D eigenvalue weighted by Crippen LogP contribution is -2.52. The van der Waals surface area contributed by atoms with Crippen molar-refractivity contribution in [3.63, 3.8) is 0 Å². The molecular weight excluding hydrogens is 173 g/mol. The van der Waals surface area contributed by atoms with Gasteiger partial charge in [-0.3, -0.25) is 0 Å². The third-order valence-electron chi connectivity index (χ3n) is 2.67. The van der Waals surface area contributed by atoms with E-state index in [1.54, 1.807) is 0 Å². The Balaban J connectivity index is 2.23. The van der Waals surface area contributed by atoms with Crippen molar-refractivity contribution < 1.29 is 23.0 Å². The number of halogens is 3. The lowest BCUT2D eigenvalue weighted by atomic mass is 9.84. The fourth-order valence-electron chi connectivity index (χ4n) is 1.98. The van der Waals surface area contributed by atoms with E-state index in [4.69, 9.17) is 4.74 Å². The van der Waals surface area contributed by atoms with Crippen LogP contribution in [0.15, 0.2) is 0 Å². The molecule has 0 aromatic heterocycles. The van der Waals surface area contributed by atoms with Crippen LogP contribution in [-0.2, 0) is 4.74 Å². The summed E-state index contributed by atoms with van der Waals surface area (Å²) in [4.78, 5) is 0. The van der Waals surface area contributed by atoms with Gasteiger partial charge in [0.1, 0.15) is 0 Å². The maximum absolute atomic E-state index is 12.3. The van der Waals surface area contributed by atoms with Gasteiger partial charge in [0.15, 0.2) is 5.60 Å². The minimum Gasteiger partial charge on any atom is -0.378 e. The molecular formula is C7H9F3O2. The molecule has 2 bridgehead atoms. The Morgan fingerprint density at radius 1 is 1.33 bits per heavy atom. The lowest BCUT2D eigenvalue weighted by molar-refractivity contribution is -0.274. The number of rotatable bonds is 0. The summed E-state index contributed by atoms with van der Waals surface area (Å²) in [5.74, 6) is 0. The molecule has 3 unspecified atom stereocenters. The van der Waals surface area contributed by atoms with Crippen molar-refractivity contribution in [1.29, 1.82) is 0 Å². The molecule has 2 heterocycles. The molecule has 2 aliphatic heterocycles. The zero-order valence-corrected chi connectivity index (χ0v) is 6.27. The zero-order chi connectivity index (χ0) is 8.98. The van der Waals surface area contributed by atoms with Gasteiger partial charge in [-0.15, -0.1) is 0 Å². The van der Waals surface area contributed by atoms with Crippen molar-refractivity contribution in [2.24, 2.45) is 0 Å². The number of aliphatic hydroxyl groups is 1. The van der Waals surface area contributed by atoms with E-state index < -0.39 is 17.9 Å². The second-order valence-electron chi connectivity index (χ2n) is 3.45. The first kappa shape index (κ1) is 8.31. The summed E-state index contributed by atoms with van der Waals surface area (Å²) in [6.45, 7) is 0. The highest BCUT2D eigenvalue weighted by molar-refractivity contribution is 5.05. The predicted octanol–water partition coefficient (Wildman–Crippen LogP) is 1.23. The van der Waals surface area contributed by atoms with E-state index in [9.17, 15) is 18.3 Å². The molecule has 12 heavy (non-hydrogen) atoms. The van der Waals surface area contributed by atoms with Gasteiger partial charge in [-0.2, -0.15) is 13.2 Å². The zero-order valence-electron chi connectivity index (χ0n) is 6.27. The lowest BCUT2D eigenvalue weighted by Gasteiger charge is -2.31. The van der Waals surface area contributed by atoms with E-state index in [-0.39, 0.29) is 12.5 Å². The normalized spacial score (nSPS) is 47.0. The Hall–Kier alpha value is -0.290. The molecule has 1 N–H and O–H groups in total. The monoisotopic (exact) mass is 182 g/mol. The van der Waals surface area contributed by atoms with E-state index in [2.05, 4.69) is 0 Å². The Labute approximate surface area is 67.3 Å². The van der Waals surface area contributed by atoms with E-state index in [0.29, 0.717) is 12.8 Å². The maximum Gasteiger partial charge on any atom is 0.419 e. The molecule has 0 aromatic rings. The summed E-state index contributed by atoms with van der Waals surface area (Å²) in [5.41, 5.74) is -2.57. The van der Waals surface area contributed by atoms with Gasteiger partial charge < -0.3 is 9.84 Å². The average Bonchev–Trinajstić information content (AvgIpc) is 2.43. The smallest absolute Gasteiger partial charge is 0.378 e. The summed E-state index contributed by atoms with van der Waals surface area (Å²) in [7, 11) is 0.